The van der Waals surface area contributed by atoms with Gasteiger partial charge in [0.05, 0.1) is 6.61 Å². The zero-order valence-electron chi connectivity index (χ0n) is 9.29. The normalized spacial score (nSPS) is 10.4. The van der Waals surface area contributed by atoms with Crippen molar-refractivity contribution < 1.29 is 9.13 Å². The molecule has 0 atom stereocenters. The Bertz CT molecular complexity index is 490. The van der Waals surface area contributed by atoms with Crippen LogP contribution in [0, 0.1) is 12.7 Å². The van der Waals surface area contributed by atoms with Crippen molar-refractivity contribution in [3.05, 3.63) is 40.3 Å². The second kappa shape index (κ2) is 4.66. The van der Waals surface area contributed by atoms with Crippen LogP contribution >= 0.6 is 11.3 Å². The number of rotatable bonds is 3. The minimum atomic E-state index is -0.276. The summed E-state index contributed by atoms with van der Waals surface area (Å²) in [6.07, 6.45) is 0. The third kappa shape index (κ3) is 2.09. The maximum atomic E-state index is 14.0. The zero-order chi connectivity index (χ0) is 11.5. The van der Waals surface area contributed by atoms with Gasteiger partial charge < -0.3 is 4.74 Å². The van der Waals surface area contributed by atoms with E-state index in [9.17, 15) is 4.39 Å². The second-order valence-corrected chi connectivity index (χ2v) is 4.61. The van der Waals surface area contributed by atoms with Gasteiger partial charge in [-0.15, -0.1) is 11.3 Å². The number of benzene rings is 1. The minimum Gasteiger partial charge on any atom is -0.491 e. The van der Waals surface area contributed by atoms with Crippen LogP contribution in [0.3, 0.4) is 0 Å². The van der Waals surface area contributed by atoms with Crippen LogP contribution in [0.25, 0.3) is 11.1 Å². The fourth-order valence-electron chi connectivity index (χ4n) is 1.59. The summed E-state index contributed by atoms with van der Waals surface area (Å²) in [5, 5.41) is 1.96. The first-order valence-electron chi connectivity index (χ1n) is 5.19. The molecule has 1 aromatic carbocycles. The highest BCUT2D eigenvalue weighted by Gasteiger charge is 2.11. The molecule has 0 saturated carbocycles. The third-order valence-corrected chi connectivity index (χ3v) is 3.17. The van der Waals surface area contributed by atoms with E-state index in [1.165, 1.54) is 4.88 Å². The van der Waals surface area contributed by atoms with Gasteiger partial charge in [-0.05, 0) is 36.9 Å². The summed E-state index contributed by atoms with van der Waals surface area (Å²) < 4.78 is 19.3. The van der Waals surface area contributed by atoms with Crippen molar-refractivity contribution in [2.75, 3.05) is 6.61 Å². The average molecular weight is 236 g/mol. The molecule has 0 spiro atoms. The predicted octanol–water partition coefficient (Wildman–Crippen LogP) is 4.26. The quantitative estimate of drug-likeness (QED) is 0.773. The third-order valence-electron chi connectivity index (χ3n) is 2.30. The van der Waals surface area contributed by atoms with Crippen molar-refractivity contribution in [1.82, 2.24) is 0 Å². The molecule has 0 amide bonds. The van der Waals surface area contributed by atoms with Gasteiger partial charge in [-0.25, -0.2) is 4.39 Å². The van der Waals surface area contributed by atoms with Gasteiger partial charge in [0.15, 0.2) is 11.6 Å². The van der Waals surface area contributed by atoms with Gasteiger partial charge in [-0.1, -0.05) is 12.1 Å². The average Bonchev–Trinajstić information content (AvgIpc) is 2.68. The van der Waals surface area contributed by atoms with E-state index in [4.69, 9.17) is 4.74 Å². The maximum Gasteiger partial charge on any atom is 0.172 e. The van der Waals surface area contributed by atoms with Crippen LogP contribution in [-0.4, -0.2) is 6.61 Å². The van der Waals surface area contributed by atoms with Crippen LogP contribution in [0.2, 0.25) is 0 Å². The Labute approximate surface area is 98.5 Å². The number of thiophene rings is 1. The molecule has 0 unspecified atom stereocenters. The molecule has 0 N–H and O–H groups in total. The molecule has 0 saturated heterocycles. The Morgan fingerprint density at radius 1 is 1.38 bits per heavy atom. The summed E-state index contributed by atoms with van der Waals surface area (Å²) in [5.74, 6) is 0.0472. The summed E-state index contributed by atoms with van der Waals surface area (Å²) in [6, 6.07) is 7.23. The van der Waals surface area contributed by atoms with Crippen LogP contribution in [0.1, 0.15) is 11.8 Å². The van der Waals surface area contributed by atoms with Crippen molar-refractivity contribution in [1.29, 1.82) is 0 Å². The molecule has 84 valence electrons. The Hall–Kier alpha value is -1.35. The minimum absolute atomic E-state index is 0.276. The standard InChI is InChI=1S/C13H13FOS/c1-3-15-12-6-4-5-11(13(12)14)10-7-9(2)16-8-10/h4-8H,3H2,1-2H3. The molecular weight excluding hydrogens is 223 g/mol. The highest BCUT2D eigenvalue weighted by molar-refractivity contribution is 7.10. The lowest BCUT2D eigenvalue weighted by atomic mass is 10.1. The Morgan fingerprint density at radius 3 is 2.81 bits per heavy atom. The summed E-state index contributed by atoms with van der Waals surface area (Å²) >= 11 is 1.62. The molecule has 16 heavy (non-hydrogen) atoms. The molecule has 2 rings (SSSR count). The predicted molar refractivity (Wildman–Crippen MR) is 65.6 cm³/mol. The largest absolute Gasteiger partial charge is 0.491 e. The first-order chi connectivity index (χ1) is 7.72. The lowest BCUT2D eigenvalue weighted by molar-refractivity contribution is 0.322. The highest BCUT2D eigenvalue weighted by Crippen LogP contribution is 2.31. The van der Waals surface area contributed by atoms with Crippen LogP contribution < -0.4 is 4.74 Å². The smallest absolute Gasteiger partial charge is 0.172 e. The van der Waals surface area contributed by atoms with Crippen molar-refractivity contribution in [3.8, 4) is 16.9 Å². The van der Waals surface area contributed by atoms with Crippen LogP contribution in [-0.2, 0) is 0 Å². The molecule has 0 aliphatic heterocycles. The summed E-state index contributed by atoms with van der Waals surface area (Å²) in [4.78, 5) is 1.18. The summed E-state index contributed by atoms with van der Waals surface area (Å²) in [5.41, 5.74) is 1.52. The Balaban J connectivity index is 2.45. The lowest BCUT2D eigenvalue weighted by Crippen LogP contribution is -1.95. The molecular formula is C13H13FOS. The number of hydrogen-bond acceptors (Lipinski definition) is 2. The molecule has 1 aromatic heterocycles. The van der Waals surface area contributed by atoms with Crippen molar-refractivity contribution in [3.63, 3.8) is 0 Å². The number of hydrogen-bond donors (Lipinski definition) is 0. The van der Waals surface area contributed by atoms with Crippen LogP contribution in [0.15, 0.2) is 29.6 Å². The van der Waals surface area contributed by atoms with Gasteiger partial charge in [0.25, 0.3) is 0 Å². The van der Waals surface area contributed by atoms with Gasteiger partial charge in [0.1, 0.15) is 0 Å². The van der Waals surface area contributed by atoms with Gasteiger partial charge in [-0.2, -0.15) is 0 Å². The van der Waals surface area contributed by atoms with E-state index < -0.39 is 0 Å². The van der Waals surface area contributed by atoms with E-state index in [1.807, 2.05) is 31.4 Å². The van der Waals surface area contributed by atoms with Crippen molar-refractivity contribution in [2.24, 2.45) is 0 Å². The molecule has 3 heteroatoms. The zero-order valence-corrected chi connectivity index (χ0v) is 10.1. The monoisotopic (exact) mass is 236 g/mol. The molecule has 0 bridgehead atoms. The SMILES string of the molecule is CCOc1cccc(-c2csc(C)c2)c1F. The lowest BCUT2D eigenvalue weighted by Gasteiger charge is -2.07. The van der Waals surface area contributed by atoms with Gasteiger partial charge in [-0.3, -0.25) is 0 Å². The molecule has 0 radical (unpaired) electrons. The maximum absolute atomic E-state index is 14.0. The van der Waals surface area contributed by atoms with Gasteiger partial charge >= 0.3 is 0 Å². The van der Waals surface area contributed by atoms with E-state index in [0.717, 1.165) is 5.56 Å². The summed E-state index contributed by atoms with van der Waals surface area (Å²) in [7, 11) is 0. The molecule has 2 aromatic rings. The number of aryl methyl sites for hydroxylation is 1. The van der Waals surface area contributed by atoms with E-state index in [2.05, 4.69) is 0 Å². The van der Waals surface area contributed by atoms with E-state index >= 15 is 0 Å². The van der Waals surface area contributed by atoms with Crippen LogP contribution in [0.5, 0.6) is 5.75 Å². The molecule has 1 nitrogen and oxygen atoms in total. The highest BCUT2D eigenvalue weighted by atomic mass is 32.1. The molecule has 0 fully saturated rings. The number of ether oxygens (including phenoxy) is 1. The Kier molecular flexibility index (Phi) is 3.25. The molecule has 0 aliphatic rings. The summed E-state index contributed by atoms with van der Waals surface area (Å²) in [6.45, 7) is 4.34. The number of halogens is 1. The second-order valence-electron chi connectivity index (χ2n) is 3.50. The van der Waals surface area contributed by atoms with Crippen molar-refractivity contribution >= 4 is 11.3 Å². The van der Waals surface area contributed by atoms with Gasteiger partial charge in [0, 0.05) is 10.4 Å². The van der Waals surface area contributed by atoms with E-state index in [0.29, 0.717) is 17.9 Å². The van der Waals surface area contributed by atoms with E-state index in [1.54, 1.807) is 23.5 Å². The van der Waals surface area contributed by atoms with E-state index in [-0.39, 0.29) is 5.82 Å². The topological polar surface area (TPSA) is 9.23 Å². The first-order valence-corrected chi connectivity index (χ1v) is 6.07. The van der Waals surface area contributed by atoms with Crippen LogP contribution in [0.4, 0.5) is 4.39 Å². The fraction of sp³-hybridized carbons (Fsp3) is 0.231. The van der Waals surface area contributed by atoms with Crippen molar-refractivity contribution in [2.45, 2.75) is 13.8 Å². The fourth-order valence-corrected chi connectivity index (χ4v) is 2.29. The Morgan fingerprint density at radius 2 is 2.19 bits per heavy atom. The molecule has 1 heterocycles. The van der Waals surface area contributed by atoms with Gasteiger partial charge in [0.2, 0.25) is 0 Å². The molecule has 0 aliphatic carbocycles. The first kappa shape index (κ1) is 11.1.